The Morgan fingerprint density at radius 3 is 2.46 bits per heavy atom. The highest BCUT2D eigenvalue weighted by molar-refractivity contribution is 7.98. The Balaban J connectivity index is 1.74. The molecule has 1 amide bonds. The Bertz CT molecular complexity index is 940. The predicted octanol–water partition coefficient (Wildman–Crippen LogP) is 3.30. The van der Waals surface area contributed by atoms with Gasteiger partial charge in [0.05, 0.1) is 10.5 Å². The van der Waals surface area contributed by atoms with Crippen LogP contribution in [0, 0.1) is 5.82 Å². The lowest BCUT2D eigenvalue weighted by atomic mass is 10.1. The summed E-state index contributed by atoms with van der Waals surface area (Å²) in [5.74, 6) is -0.446. The van der Waals surface area contributed by atoms with E-state index < -0.39 is 10.0 Å². The molecule has 1 saturated heterocycles. The van der Waals surface area contributed by atoms with E-state index >= 15 is 0 Å². The number of sulfonamides is 1. The zero-order chi connectivity index (χ0) is 20.1. The molecular weight excluding hydrogens is 399 g/mol. The summed E-state index contributed by atoms with van der Waals surface area (Å²) in [5, 5.41) is 0. The lowest BCUT2D eigenvalue weighted by molar-refractivity contribution is 0.0789. The molecule has 1 N–H and O–H groups in total. The van der Waals surface area contributed by atoms with Crippen LogP contribution in [0.2, 0.25) is 0 Å². The van der Waals surface area contributed by atoms with E-state index in [9.17, 15) is 17.6 Å². The van der Waals surface area contributed by atoms with Crippen molar-refractivity contribution in [3.8, 4) is 0 Å². The molecule has 2 aromatic carbocycles. The standard InChI is InChI=1S/C20H23FN2O3S2/c1-27-19-9-8-17(14-18(19)20(24)23-12-2-3-13-23)28(25,26)22-11-10-15-4-6-16(21)7-5-15/h4-9,14,22H,2-3,10-13H2,1H3. The fourth-order valence-electron chi connectivity index (χ4n) is 3.18. The van der Waals surface area contributed by atoms with Gasteiger partial charge >= 0.3 is 0 Å². The van der Waals surface area contributed by atoms with Crippen LogP contribution in [0.1, 0.15) is 28.8 Å². The van der Waals surface area contributed by atoms with Crippen LogP contribution in [0.4, 0.5) is 4.39 Å². The smallest absolute Gasteiger partial charge is 0.255 e. The van der Waals surface area contributed by atoms with Gasteiger partial charge in [-0.15, -0.1) is 11.8 Å². The van der Waals surface area contributed by atoms with Crippen molar-refractivity contribution >= 4 is 27.7 Å². The Morgan fingerprint density at radius 2 is 1.82 bits per heavy atom. The van der Waals surface area contributed by atoms with Gasteiger partial charge < -0.3 is 4.90 Å². The topological polar surface area (TPSA) is 66.5 Å². The second kappa shape index (κ2) is 9.07. The molecule has 8 heteroatoms. The van der Waals surface area contributed by atoms with Crippen LogP contribution in [0.15, 0.2) is 52.3 Å². The first-order valence-electron chi connectivity index (χ1n) is 9.12. The predicted molar refractivity (Wildman–Crippen MR) is 109 cm³/mol. The number of likely N-dealkylation sites (tertiary alicyclic amines) is 1. The molecule has 1 heterocycles. The summed E-state index contributed by atoms with van der Waals surface area (Å²) in [4.78, 5) is 15.4. The van der Waals surface area contributed by atoms with E-state index in [4.69, 9.17) is 0 Å². The summed E-state index contributed by atoms with van der Waals surface area (Å²) < 4.78 is 40.8. The molecule has 150 valence electrons. The molecule has 1 aliphatic heterocycles. The third-order valence-corrected chi connectivity index (χ3v) is 6.98. The van der Waals surface area contributed by atoms with E-state index in [2.05, 4.69) is 4.72 Å². The number of hydrogen-bond donors (Lipinski definition) is 1. The highest BCUT2D eigenvalue weighted by atomic mass is 32.2. The summed E-state index contributed by atoms with van der Waals surface area (Å²) in [6, 6.07) is 10.6. The molecule has 2 aromatic rings. The first-order valence-corrected chi connectivity index (χ1v) is 11.8. The van der Waals surface area contributed by atoms with E-state index in [1.165, 1.54) is 36.0 Å². The molecule has 5 nitrogen and oxygen atoms in total. The van der Waals surface area contributed by atoms with Gasteiger partial charge in [0.15, 0.2) is 0 Å². The van der Waals surface area contributed by atoms with Gasteiger partial charge in [0.1, 0.15) is 5.82 Å². The fourth-order valence-corrected chi connectivity index (χ4v) is 4.80. The number of carbonyl (C=O) groups is 1. The summed E-state index contributed by atoms with van der Waals surface area (Å²) in [6.45, 7) is 1.60. The highest BCUT2D eigenvalue weighted by Gasteiger charge is 2.24. The number of thioether (sulfide) groups is 1. The second-order valence-electron chi connectivity index (χ2n) is 6.64. The maximum atomic E-state index is 13.0. The van der Waals surface area contributed by atoms with Crippen LogP contribution in [0.25, 0.3) is 0 Å². The molecule has 0 aromatic heterocycles. The minimum absolute atomic E-state index is 0.0759. The van der Waals surface area contributed by atoms with Gasteiger partial charge in [-0.25, -0.2) is 17.5 Å². The average Bonchev–Trinajstić information content (AvgIpc) is 3.23. The van der Waals surface area contributed by atoms with Crippen LogP contribution in [-0.2, 0) is 16.4 Å². The van der Waals surface area contributed by atoms with Gasteiger partial charge in [0.2, 0.25) is 10.0 Å². The monoisotopic (exact) mass is 422 g/mol. The number of carbonyl (C=O) groups excluding carboxylic acids is 1. The van der Waals surface area contributed by atoms with Crippen LogP contribution >= 0.6 is 11.8 Å². The molecule has 28 heavy (non-hydrogen) atoms. The third kappa shape index (κ3) is 4.92. The van der Waals surface area contributed by atoms with Crippen LogP contribution in [-0.4, -0.2) is 45.1 Å². The summed E-state index contributed by atoms with van der Waals surface area (Å²) in [5.41, 5.74) is 1.27. The van der Waals surface area contributed by atoms with Gasteiger partial charge in [0.25, 0.3) is 5.91 Å². The minimum Gasteiger partial charge on any atom is -0.339 e. The second-order valence-corrected chi connectivity index (χ2v) is 9.25. The van der Waals surface area contributed by atoms with Crippen molar-refractivity contribution in [1.29, 1.82) is 0 Å². The molecule has 3 rings (SSSR count). The lowest BCUT2D eigenvalue weighted by Gasteiger charge is -2.18. The summed E-state index contributed by atoms with van der Waals surface area (Å²) in [7, 11) is -3.75. The van der Waals surface area contributed by atoms with E-state index in [-0.39, 0.29) is 23.2 Å². The molecular formula is C20H23FN2O3S2. The number of halogens is 1. The molecule has 0 bridgehead atoms. The largest absolute Gasteiger partial charge is 0.339 e. The van der Waals surface area contributed by atoms with Crippen LogP contribution < -0.4 is 4.72 Å². The highest BCUT2D eigenvalue weighted by Crippen LogP contribution is 2.26. The summed E-state index contributed by atoms with van der Waals surface area (Å²) >= 11 is 1.42. The Morgan fingerprint density at radius 1 is 1.14 bits per heavy atom. The molecule has 1 fully saturated rings. The molecule has 1 aliphatic rings. The van der Waals surface area contributed by atoms with Crippen LogP contribution in [0.5, 0.6) is 0 Å². The zero-order valence-corrected chi connectivity index (χ0v) is 17.3. The average molecular weight is 423 g/mol. The number of hydrogen-bond acceptors (Lipinski definition) is 4. The molecule has 0 aliphatic carbocycles. The maximum Gasteiger partial charge on any atom is 0.255 e. The van der Waals surface area contributed by atoms with Crippen molar-refractivity contribution in [2.24, 2.45) is 0 Å². The number of nitrogens with zero attached hydrogens (tertiary/aromatic N) is 1. The molecule has 0 saturated carbocycles. The molecule has 0 radical (unpaired) electrons. The lowest BCUT2D eigenvalue weighted by Crippen LogP contribution is -2.29. The SMILES string of the molecule is CSc1ccc(S(=O)(=O)NCCc2ccc(F)cc2)cc1C(=O)N1CCCC1. The Hall–Kier alpha value is -1.90. The van der Waals surface area contributed by atoms with Crippen LogP contribution in [0.3, 0.4) is 0 Å². The van der Waals surface area contributed by atoms with Gasteiger partial charge in [-0.1, -0.05) is 12.1 Å². The van der Waals surface area contributed by atoms with Crippen molar-refractivity contribution in [3.05, 3.63) is 59.4 Å². The first-order chi connectivity index (χ1) is 13.4. The van der Waals surface area contributed by atoms with Gasteiger partial charge in [-0.2, -0.15) is 0 Å². The first kappa shape index (κ1) is 20.8. The Labute approximate surface area is 169 Å². The van der Waals surface area contributed by atoms with Gasteiger partial charge in [-0.05, 0) is 61.4 Å². The maximum absolute atomic E-state index is 13.0. The quantitative estimate of drug-likeness (QED) is 0.696. The molecule has 0 unspecified atom stereocenters. The number of amides is 1. The van der Waals surface area contributed by atoms with Crippen molar-refractivity contribution in [2.45, 2.75) is 29.1 Å². The van der Waals surface area contributed by atoms with Gasteiger partial charge in [-0.3, -0.25) is 4.79 Å². The number of nitrogens with one attached hydrogen (secondary N) is 1. The van der Waals surface area contributed by atoms with E-state index in [0.29, 0.717) is 25.1 Å². The molecule has 0 atom stereocenters. The third-order valence-electron chi connectivity index (χ3n) is 4.72. The fraction of sp³-hybridized carbons (Fsp3) is 0.350. The van der Waals surface area contributed by atoms with Crippen molar-refractivity contribution in [3.63, 3.8) is 0 Å². The van der Waals surface area contributed by atoms with Gasteiger partial charge in [0, 0.05) is 24.5 Å². The van der Waals surface area contributed by atoms with E-state index in [1.54, 1.807) is 23.1 Å². The number of rotatable bonds is 7. The van der Waals surface area contributed by atoms with Crippen molar-refractivity contribution in [1.82, 2.24) is 9.62 Å². The normalized spacial score (nSPS) is 14.4. The van der Waals surface area contributed by atoms with E-state index in [0.717, 1.165) is 23.3 Å². The zero-order valence-electron chi connectivity index (χ0n) is 15.7. The summed E-state index contributed by atoms with van der Waals surface area (Å²) in [6.07, 6.45) is 4.26. The minimum atomic E-state index is -3.75. The Kier molecular flexibility index (Phi) is 6.74. The number of benzene rings is 2. The van der Waals surface area contributed by atoms with Crippen molar-refractivity contribution in [2.75, 3.05) is 25.9 Å². The van der Waals surface area contributed by atoms with E-state index in [1.807, 2.05) is 6.26 Å². The van der Waals surface area contributed by atoms with Crippen molar-refractivity contribution < 1.29 is 17.6 Å². The molecule has 0 spiro atoms.